The quantitative estimate of drug-likeness (QED) is 0.833. The molecule has 0 spiro atoms. The van der Waals surface area contributed by atoms with Crippen LogP contribution in [0.2, 0.25) is 0 Å². The van der Waals surface area contributed by atoms with Gasteiger partial charge in [0.2, 0.25) is 0 Å². The molecule has 3 nitrogen and oxygen atoms in total. The maximum atomic E-state index is 5.82. The molecule has 0 aromatic rings. The van der Waals surface area contributed by atoms with Crippen molar-refractivity contribution in [2.75, 3.05) is 26.2 Å². The monoisotopic (exact) mass is 254 g/mol. The molecule has 0 bridgehead atoms. The van der Waals surface area contributed by atoms with Gasteiger partial charge in [0.1, 0.15) is 0 Å². The lowest BCUT2D eigenvalue weighted by atomic mass is 9.90. The Balaban J connectivity index is 1.99. The SMILES string of the molecule is CCC(C)C1CNC(C)(C)CN1CC1CCCO1. The van der Waals surface area contributed by atoms with E-state index < -0.39 is 0 Å². The van der Waals surface area contributed by atoms with Crippen molar-refractivity contribution >= 4 is 0 Å². The van der Waals surface area contributed by atoms with Crippen LogP contribution in [0.3, 0.4) is 0 Å². The van der Waals surface area contributed by atoms with Crippen LogP contribution >= 0.6 is 0 Å². The van der Waals surface area contributed by atoms with E-state index in [-0.39, 0.29) is 5.54 Å². The Hall–Kier alpha value is -0.120. The lowest BCUT2D eigenvalue weighted by Gasteiger charge is -2.47. The molecule has 1 N–H and O–H groups in total. The normalized spacial score (nSPS) is 34.7. The highest BCUT2D eigenvalue weighted by Gasteiger charge is 2.36. The second-order valence-electron chi connectivity index (χ2n) is 6.78. The zero-order valence-electron chi connectivity index (χ0n) is 12.5. The lowest BCUT2D eigenvalue weighted by Crippen LogP contribution is -2.64. The number of hydrogen-bond acceptors (Lipinski definition) is 3. The molecule has 0 radical (unpaired) electrons. The van der Waals surface area contributed by atoms with Crippen LogP contribution in [0.15, 0.2) is 0 Å². The number of piperazine rings is 1. The molecule has 0 aromatic carbocycles. The van der Waals surface area contributed by atoms with Crippen molar-refractivity contribution in [1.29, 1.82) is 0 Å². The molecule has 2 aliphatic rings. The molecule has 0 aliphatic carbocycles. The Labute approximate surface area is 112 Å². The molecule has 2 rings (SSSR count). The first-order chi connectivity index (χ1) is 8.52. The third kappa shape index (κ3) is 3.46. The molecular formula is C15H30N2O. The van der Waals surface area contributed by atoms with Crippen molar-refractivity contribution in [2.45, 2.75) is 64.6 Å². The molecule has 2 aliphatic heterocycles. The van der Waals surface area contributed by atoms with Gasteiger partial charge in [-0.25, -0.2) is 0 Å². The number of rotatable bonds is 4. The van der Waals surface area contributed by atoms with Crippen molar-refractivity contribution in [3.63, 3.8) is 0 Å². The Morgan fingerprint density at radius 2 is 2.22 bits per heavy atom. The summed E-state index contributed by atoms with van der Waals surface area (Å²) >= 11 is 0. The molecule has 3 unspecified atom stereocenters. The van der Waals surface area contributed by atoms with Crippen LogP contribution in [0.1, 0.15) is 47.0 Å². The molecule has 0 amide bonds. The molecule has 3 atom stereocenters. The van der Waals surface area contributed by atoms with E-state index in [1.165, 1.54) is 19.3 Å². The Kier molecular flexibility index (Phi) is 4.68. The molecule has 0 aromatic heterocycles. The van der Waals surface area contributed by atoms with Crippen LogP contribution in [0.25, 0.3) is 0 Å². The third-order valence-corrected chi connectivity index (χ3v) is 4.62. The first kappa shape index (κ1) is 14.3. The van der Waals surface area contributed by atoms with Gasteiger partial charge in [0.15, 0.2) is 0 Å². The van der Waals surface area contributed by atoms with Crippen molar-refractivity contribution in [1.82, 2.24) is 10.2 Å². The van der Waals surface area contributed by atoms with Crippen molar-refractivity contribution < 1.29 is 4.74 Å². The van der Waals surface area contributed by atoms with Crippen molar-refractivity contribution in [3.05, 3.63) is 0 Å². The Bertz CT molecular complexity index is 261. The largest absolute Gasteiger partial charge is 0.377 e. The number of nitrogens with zero attached hydrogens (tertiary/aromatic N) is 1. The van der Waals surface area contributed by atoms with E-state index in [4.69, 9.17) is 4.74 Å². The van der Waals surface area contributed by atoms with Crippen LogP contribution in [0, 0.1) is 5.92 Å². The molecule has 0 saturated carbocycles. The molecule has 3 heteroatoms. The maximum absolute atomic E-state index is 5.82. The highest BCUT2D eigenvalue weighted by atomic mass is 16.5. The smallest absolute Gasteiger partial charge is 0.0702 e. The summed E-state index contributed by atoms with van der Waals surface area (Å²) in [6, 6.07) is 0.673. The van der Waals surface area contributed by atoms with Crippen molar-refractivity contribution in [3.8, 4) is 0 Å². The predicted octanol–water partition coefficient (Wildman–Crippen LogP) is 2.26. The Morgan fingerprint density at radius 1 is 1.44 bits per heavy atom. The average Bonchev–Trinajstić information content (AvgIpc) is 2.80. The van der Waals surface area contributed by atoms with Crippen LogP contribution in [-0.4, -0.2) is 48.8 Å². The first-order valence-corrected chi connectivity index (χ1v) is 7.62. The molecule has 2 fully saturated rings. The van der Waals surface area contributed by atoms with E-state index in [0.717, 1.165) is 32.2 Å². The first-order valence-electron chi connectivity index (χ1n) is 7.62. The van der Waals surface area contributed by atoms with Gasteiger partial charge in [-0.05, 0) is 32.6 Å². The summed E-state index contributed by atoms with van der Waals surface area (Å²) in [6.45, 7) is 13.7. The van der Waals surface area contributed by atoms with E-state index in [2.05, 4.69) is 37.9 Å². The summed E-state index contributed by atoms with van der Waals surface area (Å²) in [5, 5.41) is 3.70. The van der Waals surface area contributed by atoms with E-state index in [9.17, 15) is 0 Å². The summed E-state index contributed by atoms with van der Waals surface area (Å²) < 4.78 is 5.82. The number of ether oxygens (including phenoxy) is 1. The standard InChI is InChI=1S/C15H30N2O/c1-5-12(2)14-9-16-15(3,4)11-17(14)10-13-7-6-8-18-13/h12-14,16H,5-11H2,1-4H3. The second kappa shape index (κ2) is 5.89. The molecular weight excluding hydrogens is 224 g/mol. The fourth-order valence-corrected chi connectivity index (χ4v) is 3.27. The molecule has 2 heterocycles. The summed E-state index contributed by atoms with van der Waals surface area (Å²) in [5.74, 6) is 0.759. The summed E-state index contributed by atoms with van der Waals surface area (Å²) in [4.78, 5) is 2.68. The number of hydrogen-bond donors (Lipinski definition) is 1. The Morgan fingerprint density at radius 3 is 2.83 bits per heavy atom. The maximum Gasteiger partial charge on any atom is 0.0702 e. The van der Waals surface area contributed by atoms with E-state index in [1.807, 2.05) is 0 Å². The van der Waals surface area contributed by atoms with Crippen LogP contribution in [-0.2, 0) is 4.74 Å². The topological polar surface area (TPSA) is 24.5 Å². The summed E-state index contributed by atoms with van der Waals surface area (Å²) in [7, 11) is 0. The van der Waals surface area contributed by atoms with Gasteiger partial charge in [-0.3, -0.25) is 4.90 Å². The van der Waals surface area contributed by atoms with E-state index in [0.29, 0.717) is 12.1 Å². The minimum Gasteiger partial charge on any atom is -0.377 e. The van der Waals surface area contributed by atoms with Crippen LogP contribution in [0.4, 0.5) is 0 Å². The van der Waals surface area contributed by atoms with Gasteiger partial charge in [0.25, 0.3) is 0 Å². The van der Waals surface area contributed by atoms with Gasteiger partial charge in [-0.1, -0.05) is 20.3 Å². The highest BCUT2D eigenvalue weighted by Crippen LogP contribution is 2.24. The minimum atomic E-state index is 0.239. The van der Waals surface area contributed by atoms with Crippen LogP contribution in [0.5, 0.6) is 0 Å². The van der Waals surface area contributed by atoms with Crippen LogP contribution < -0.4 is 5.32 Å². The van der Waals surface area contributed by atoms with E-state index >= 15 is 0 Å². The average molecular weight is 254 g/mol. The fourth-order valence-electron chi connectivity index (χ4n) is 3.27. The third-order valence-electron chi connectivity index (χ3n) is 4.62. The van der Waals surface area contributed by atoms with Gasteiger partial charge < -0.3 is 10.1 Å². The van der Waals surface area contributed by atoms with Gasteiger partial charge in [-0.2, -0.15) is 0 Å². The minimum absolute atomic E-state index is 0.239. The van der Waals surface area contributed by atoms with Crippen molar-refractivity contribution in [2.24, 2.45) is 5.92 Å². The predicted molar refractivity (Wildman–Crippen MR) is 75.9 cm³/mol. The zero-order chi connectivity index (χ0) is 13.2. The van der Waals surface area contributed by atoms with E-state index in [1.54, 1.807) is 0 Å². The molecule has 2 saturated heterocycles. The van der Waals surface area contributed by atoms with Gasteiger partial charge in [0.05, 0.1) is 6.10 Å². The van der Waals surface area contributed by atoms with Gasteiger partial charge >= 0.3 is 0 Å². The fraction of sp³-hybridized carbons (Fsp3) is 1.00. The number of nitrogens with one attached hydrogen (secondary N) is 1. The summed E-state index contributed by atoms with van der Waals surface area (Å²) in [6.07, 6.45) is 4.23. The summed E-state index contributed by atoms with van der Waals surface area (Å²) in [5.41, 5.74) is 0.239. The molecule has 106 valence electrons. The highest BCUT2D eigenvalue weighted by molar-refractivity contribution is 4.94. The lowest BCUT2D eigenvalue weighted by molar-refractivity contribution is 0.0106. The zero-order valence-corrected chi connectivity index (χ0v) is 12.5. The second-order valence-corrected chi connectivity index (χ2v) is 6.78. The van der Waals surface area contributed by atoms with Gasteiger partial charge in [-0.15, -0.1) is 0 Å². The molecule has 18 heavy (non-hydrogen) atoms. The van der Waals surface area contributed by atoms with Gasteiger partial charge in [0, 0.05) is 37.8 Å².